The lowest BCUT2D eigenvalue weighted by molar-refractivity contribution is -0.116. The third-order valence-corrected chi connectivity index (χ3v) is 5.06. The van der Waals surface area contributed by atoms with Crippen molar-refractivity contribution >= 4 is 29.4 Å². The first kappa shape index (κ1) is 21.3. The summed E-state index contributed by atoms with van der Waals surface area (Å²) in [6.07, 6.45) is 2.02. The summed E-state index contributed by atoms with van der Waals surface area (Å²) in [6, 6.07) is 22.8. The molecule has 0 fully saturated rings. The predicted octanol–water partition coefficient (Wildman–Crippen LogP) is 4.94. The van der Waals surface area contributed by atoms with Gasteiger partial charge >= 0.3 is 6.03 Å². The van der Waals surface area contributed by atoms with Crippen LogP contribution < -0.4 is 21.1 Å². The lowest BCUT2D eigenvalue weighted by Gasteiger charge is -2.19. The minimum absolute atomic E-state index is 0.0298. The highest BCUT2D eigenvalue weighted by molar-refractivity contribution is 7.98. The van der Waals surface area contributed by atoms with E-state index in [4.69, 9.17) is 10.5 Å². The summed E-state index contributed by atoms with van der Waals surface area (Å²) in [7, 11) is 0. The molecule has 0 spiro atoms. The molecule has 0 saturated carbocycles. The Morgan fingerprint density at radius 3 is 2.33 bits per heavy atom. The number of para-hydroxylation sites is 1. The molecule has 0 aliphatic carbocycles. The largest absolute Gasteiger partial charge is 0.457 e. The van der Waals surface area contributed by atoms with Crippen LogP contribution in [0, 0.1) is 0 Å². The third kappa shape index (κ3) is 6.28. The molecule has 30 heavy (non-hydrogen) atoms. The van der Waals surface area contributed by atoms with Crippen molar-refractivity contribution in [2.24, 2.45) is 5.73 Å². The summed E-state index contributed by atoms with van der Waals surface area (Å²) < 4.78 is 5.85. The normalized spacial score (nSPS) is 11.4. The fourth-order valence-electron chi connectivity index (χ4n) is 2.92. The summed E-state index contributed by atoms with van der Waals surface area (Å²) in [4.78, 5) is 25.2. The van der Waals surface area contributed by atoms with E-state index in [-0.39, 0.29) is 12.3 Å². The minimum Gasteiger partial charge on any atom is -0.457 e. The van der Waals surface area contributed by atoms with Gasteiger partial charge in [0.05, 0.1) is 12.5 Å². The van der Waals surface area contributed by atoms with Crippen LogP contribution in [0.25, 0.3) is 0 Å². The van der Waals surface area contributed by atoms with Gasteiger partial charge < -0.3 is 21.1 Å². The van der Waals surface area contributed by atoms with Crippen LogP contribution in [0.5, 0.6) is 11.5 Å². The molecule has 7 heteroatoms. The minimum atomic E-state index is -0.702. The molecule has 3 amide bonds. The van der Waals surface area contributed by atoms with E-state index in [0.717, 1.165) is 10.5 Å². The first-order chi connectivity index (χ1) is 14.5. The summed E-state index contributed by atoms with van der Waals surface area (Å²) in [5.74, 6) is 1.06. The monoisotopic (exact) mass is 421 g/mol. The van der Waals surface area contributed by atoms with Gasteiger partial charge in [-0.05, 0) is 60.4 Å². The molecule has 0 saturated heterocycles. The smallest absolute Gasteiger partial charge is 0.312 e. The van der Waals surface area contributed by atoms with Crippen LogP contribution in [-0.4, -0.2) is 18.2 Å². The van der Waals surface area contributed by atoms with Crippen molar-refractivity contribution < 1.29 is 14.3 Å². The van der Waals surface area contributed by atoms with Gasteiger partial charge in [0.25, 0.3) is 0 Å². The van der Waals surface area contributed by atoms with Gasteiger partial charge in [0.1, 0.15) is 11.5 Å². The highest BCUT2D eigenvalue weighted by atomic mass is 32.2. The van der Waals surface area contributed by atoms with Gasteiger partial charge in [-0.25, -0.2) is 4.79 Å². The molecule has 3 aromatic rings. The van der Waals surface area contributed by atoms with Gasteiger partial charge in [0.15, 0.2) is 0 Å². The zero-order valence-corrected chi connectivity index (χ0v) is 17.3. The highest BCUT2D eigenvalue weighted by Crippen LogP contribution is 2.26. The molecule has 0 radical (unpaired) electrons. The number of nitrogens with two attached hydrogens (primary N) is 1. The van der Waals surface area contributed by atoms with Crippen LogP contribution in [0.2, 0.25) is 0 Å². The van der Waals surface area contributed by atoms with Crippen LogP contribution in [0.4, 0.5) is 10.5 Å². The maximum atomic E-state index is 12.6. The first-order valence-corrected chi connectivity index (χ1v) is 10.6. The molecule has 3 aromatic carbocycles. The number of thioether (sulfide) groups is 1. The van der Waals surface area contributed by atoms with E-state index in [0.29, 0.717) is 17.2 Å². The molecule has 3 rings (SSSR count). The highest BCUT2D eigenvalue weighted by Gasteiger charge is 2.18. The van der Waals surface area contributed by atoms with E-state index in [1.807, 2.05) is 79.1 Å². The molecular weight excluding hydrogens is 398 g/mol. The molecule has 0 aromatic heterocycles. The van der Waals surface area contributed by atoms with Crippen LogP contribution in [0.3, 0.4) is 0 Å². The Labute approximate surface area is 179 Å². The Balaban J connectivity index is 1.72. The van der Waals surface area contributed by atoms with E-state index in [1.165, 1.54) is 0 Å². The number of benzene rings is 3. The number of hydrogen-bond donors (Lipinski definition) is 3. The number of carbonyl (C=O) groups excluding carboxylic acids is 2. The average molecular weight is 422 g/mol. The summed E-state index contributed by atoms with van der Waals surface area (Å²) in [5, 5.41) is 5.49. The fraction of sp³-hybridized carbons (Fsp3) is 0.130. The van der Waals surface area contributed by atoms with Crippen molar-refractivity contribution in [2.45, 2.75) is 17.4 Å². The Kier molecular flexibility index (Phi) is 7.34. The molecule has 0 aliphatic rings. The fourth-order valence-corrected chi connectivity index (χ4v) is 3.32. The van der Waals surface area contributed by atoms with Gasteiger partial charge in [0.2, 0.25) is 5.91 Å². The Bertz CT molecular complexity index is 994. The van der Waals surface area contributed by atoms with Gasteiger partial charge in [-0.15, -0.1) is 11.8 Å². The second-order valence-corrected chi connectivity index (χ2v) is 7.41. The molecule has 154 valence electrons. The Morgan fingerprint density at radius 2 is 1.67 bits per heavy atom. The maximum absolute atomic E-state index is 12.6. The van der Waals surface area contributed by atoms with Crippen molar-refractivity contribution in [2.75, 3.05) is 11.6 Å². The van der Waals surface area contributed by atoms with Gasteiger partial charge in [-0.2, -0.15) is 0 Å². The van der Waals surface area contributed by atoms with E-state index < -0.39 is 12.1 Å². The van der Waals surface area contributed by atoms with Gasteiger partial charge in [0, 0.05) is 10.6 Å². The SMILES string of the molecule is CSc1ccc(NC(=O)C[C@H](NC(N)=O)c2cccc(Oc3ccccc3)c2)cc1. The number of rotatable bonds is 8. The first-order valence-electron chi connectivity index (χ1n) is 9.36. The van der Waals surface area contributed by atoms with Crippen LogP contribution >= 0.6 is 11.8 Å². The predicted molar refractivity (Wildman–Crippen MR) is 120 cm³/mol. The lowest BCUT2D eigenvalue weighted by atomic mass is 10.0. The molecule has 4 N–H and O–H groups in total. The average Bonchev–Trinajstić information content (AvgIpc) is 2.74. The summed E-state index contributed by atoms with van der Waals surface area (Å²) in [5.41, 5.74) is 6.75. The third-order valence-electron chi connectivity index (χ3n) is 4.32. The standard InChI is InChI=1S/C23H23N3O3S/c1-30-20-12-10-17(11-13-20)25-22(27)15-21(26-23(24)28)16-6-5-9-19(14-16)29-18-7-3-2-4-8-18/h2-14,21H,15H2,1H3,(H,25,27)(H3,24,26,28)/t21-/m0/s1. The zero-order chi connectivity index (χ0) is 21.3. The van der Waals surface area contributed by atoms with Gasteiger partial charge in [-0.1, -0.05) is 30.3 Å². The lowest BCUT2D eigenvalue weighted by Crippen LogP contribution is -2.35. The van der Waals surface area contributed by atoms with E-state index in [9.17, 15) is 9.59 Å². The summed E-state index contributed by atoms with van der Waals surface area (Å²) >= 11 is 1.63. The number of primary amides is 1. The van der Waals surface area contributed by atoms with Crippen LogP contribution in [0.15, 0.2) is 83.8 Å². The number of urea groups is 1. The Morgan fingerprint density at radius 1 is 0.967 bits per heavy atom. The van der Waals surface area contributed by atoms with E-state index in [1.54, 1.807) is 17.8 Å². The van der Waals surface area contributed by atoms with Crippen molar-refractivity contribution in [3.05, 3.63) is 84.4 Å². The van der Waals surface area contributed by atoms with Crippen LogP contribution in [-0.2, 0) is 4.79 Å². The topological polar surface area (TPSA) is 93.5 Å². The van der Waals surface area contributed by atoms with Crippen molar-refractivity contribution in [3.8, 4) is 11.5 Å². The van der Waals surface area contributed by atoms with Crippen molar-refractivity contribution in [1.82, 2.24) is 5.32 Å². The number of anilines is 1. The molecule has 0 aliphatic heterocycles. The second-order valence-electron chi connectivity index (χ2n) is 6.53. The van der Waals surface area contributed by atoms with Crippen molar-refractivity contribution in [1.29, 1.82) is 0 Å². The molecule has 0 unspecified atom stereocenters. The van der Waals surface area contributed by atoms with Crippen molar-refractivity contribution in [3.63, 3.8) is 0 Å². The van der Waals surface area contributed by atoms with E-state index >= 15 is 0 Å². The number of ether oxygens (including phenoxy) is 1. The number of amides is 3. The van der Waals surface area contributed by atoms with E-state index in [2.05, 4.69) is 10.6 Å². The molecule has 0 bridgehead atoms. The number of carbonyl (C=O) groups is 2. The number of hydrogen-bond acceptors (Lipinski definition) is 4. The Hall–Kier alpha value is -3.45. The molecule has 0 heterocycles. The zero-order valence-electron chi connectivity index (χ0n) is 16.5. The second kappa shape index (κ2) is 10.4. The van der Waals surface area contributed by atoms with Crippen LogP contribution in [0.1, 0.15) is 18.0 Å². The van der Waals surface area contributed by atoms with Gasteiger partial charge in [-0.3, -0.25) is 4.79 Å². The maximum Gasteiger partial charge on any atom is 0.312 e. The molecule has 1 atom stereocenters. The molecular formula is C23H23N3O3S. The quantitative estimate of drug-likeness (QED) is 0.449. The molecule has 6 nitrogen and oxygen atoms in total. The number of nitrogens with one attached hydrogen (secondary N) is 2. The summed E-state index contributed by atoms with van der Waals surface area (Å²) in [6.45, 7) is 0.